The van der Waals surface area contributed by atoms with Gasteiger partial charge in [0.15, 0.2) is 0 Å². The Morgan fingerprint density at radius 1 is 0.0286 bits per heavy atom. The number of hydrogen-bond acceptors (Lipinski definition) is 0. The molecule has 0 atom stereocenters. The van der Waals surface area contributed by atoms with Crippen molar-refractivity contribution in [2.24, 2.45) is 0 Å². The van der Waals surface area contributed by atoms with E-state index in [1.54, 1.807) is 0 Å². The third kappa shape index (κ3) is 675. The summed E-state index contributed by atoms with van der Waals surface area (Å²) in [6, 6.07) is 0. The standard InChI is InChI=1S/62Mg.8O/q62*+2;8*-2. The molecule has 0 N–H and O–H groups in total. The summed E-state index contributed by atoms with van der Waals surface area (Å²) >= 11 is 0. The molecule has 0 saturated carbocycles. The first kappa shape index (κ1) is 710. The Bertz CT molecular complexity index is 35.9. The van der Waals surface area contributed by atoms with Gasteiger partial charge >= 0.3 is 1430 Å². The van der Waals surface area contributed by atoms with E-state index >= 15 is 0 Å². The molecule has 0 aliphatic rings. The van der Waals surface area contributed by atoms with E-state index in [0.717, 1.165) is 0 Å². The maximum atomic E-state index is 0. The van der Waals surface area contributed by atoms with Crippen molar-refractivity contribution in [1.29, 1.82) is 0 Å². The van der Waals surface area contributed by atoms with Crippen LogP contribution in [0.2, 0.25) is 0 Å². The van der Waals surface area contributed by atoms with Gasteiger partial charge in [0.1, 0.15) is 0 Å². The molecule has 0 spiro atoms. The molecule has 0 unspecified atom stereocenters. The molecule has 70 heteroatoms. The molecule has 0 aliphatic carbocycles. The Hall–Kier alpha value is 47.2. The summed E-state index contributed by atoms with van der Waals surface area (Å²) in [6.07, 6.45) is 0. The zero-order chi connectivity index (χ0) is 0. The van der Waals surface area contributed by atoms with Crippen LogP contribution in [0, 0.1) is 0 Å². The van der Waals surface area contributed by atoms with Gasteiger partial charge in [0, 0.05) is 0 Å². The Kier molecular flexibility index (Phi) is 7030. The first-order chi connectivity index (χ1) is 0. The topological polar surface area (TPSA) is 228 Å². The minimum atomic E-state index is 0. The van der Waals surface area contributed by atoms with Gasteiger partial charge in [0.2, 0.25) is 0 Å². The van der Waals surface area contributed by atoms with E-state index in [2.05, 4.69) is 0 Å². The average Bonchev–Trinajstić information content (AvgIpc) is 0. The van der Waals surface area contributed by atoms with Crippen molar-refractivity contribution in [3.8, 4) is 0 Å². The first-order valence-electron chi connectivity index (χ1n) is 0. The van der Waals surface area contributed by atoms with Gasteiger partial charge in [-0.2, -0.15) is 0 Å². The van der Waals surface area contributed by atoms with Gasteiger partial charge in [-0.25, -0.2) is 0 Å². The maximum absolute atomic E-state index is 0. The number of rotatable bonds is 0. The summed E-state index contributed by atoms with van der Waals surface area (Å²) < 4.78 is 0. The van der Waals surface area contributed by atoms with Crippen molar-refractivity contribution >= 4 is 1430 Å². The normalized spacial score (nSPS) is 0. The average molecular weight is 1630 g/mol. The third-order valence-corrected chi connectivity index (χ3v) is 0. The molecular formula is Mg62O8+108. The minimum absolute atomic E-state index is 0. The molecule has 0 aromatic heterocycles. The van der Waals surface area contributed by atoms with Gasteiger partial charge in [-0.05, 0) is 0 Å². The number of hydrogen-bond donors (Lipinski definition) is 0. The molecule has 64 valence electrons. The van der Waals surface area contributed by atoms with Gasteiger partial charge in [-0.3, -0.25) is 0 Å². The summed E-state index contributed by atoms with van der Waals surface area (Å²) in [6.45, 7) is 0. The summed E-state index contributed by atoms with van der Waals surface area (Å²) in [4.78, 5) is 0. The molecule has 0 saturated heterocycles. The zero-order valence-electron chi connectivity index (χ0n) is 47.1. The van der Waals surface area contributed by atoms with E-state index in [1.165, 1.54) is 0 Å². The summed E-state index contributed by atoms with van der Waals surface area (Å²) in [5.41, 5.74) is 0. The van der Waals surface area contributed by atoms with Crippen molar-refractivity contribution in [2.45, 2.75) is 0 Å². The van der Waals surface area contributed by atoms with Crippen LogP contribution >= 0.6 is 0 Å². The van der Waals surface area contributed by atoms with Crippen LogP contribution in [-0.2, 0) is 43.8 Å². The SMILES string of the molecule is [Mg+2].[Mg+2].[Mg+2].[Mg+2].[Mg+2].[Mg+2].[Mg+2].[Mg+2].[Mg+2].[Mg+2].[Mg+2].[Mg+2].[Mg+2].[Mg+2].[Mg+2].[Mg+2].[Mg+2].[Mg+2].[Mg+2].[Mg+2].[Mg+2].[Mg+2].[Mg+2].[Mg+2].[Mg+2].[Mg+2].[Mg+2].[Mg+2].[Mg+2].[Mg+2].[Mg+2].[Mg+2].[Mg+2].[Mg+2].[Mg+2].[Mg+2].[Mg+2].[Mg+2].[Mg+2].[Mg+2].[Mg+2].[Mg+2].[Mg+2].[Mg+2].[Mg+2].[Mg+2].[Mg+2].[Mg+2].[Mg+2].[Mg+2].[Mg+2].[Mg+2].[Mg+2].[Mg+2].[Mg+2].[Mg+2].[Mg+2].[Mg+2].[Mg+2].[Mg+2].[Mg+2].[Mg+2].[O-2].[O-2].[O-2].[O-2].[O-2].[O-2].[O-2].[O-2]. The molecule has 0 fully saturated rings. The van der Waals surface area contributed by atoms with E-state index in [1.807, 2.05) is 0 Å². The minimum Gasteiger partial charge on any atom is -2.00 e. The van der Waals surface area contributed by atoms with Crippen LogP contribution in [0.4, 0.5) is 0 Å². The van der Waals surface area contributed by atoms with Gasteiger partial charge < -0.3 is 43.8 Å². The summed E-state index contributed by atoms with van der Waals surface area (Å²) in [5.74, 6) is 0. The predicted octanol–water partition coefficient (Wildman–Crippen LogP) is -24.6. The van der Waals surface area contributed by atoms with Crippen molar-refractivity contribution < 1.29 is 43.8 Å². The van der Waals surface area contributed by atoms with Crippen molar-refractivity contribution in [1.82, 2.24) is 0 Å². The van der Waals surface area contributed by atoms with Gasteiger partial charge in [0.25, 0.3) is 0 Å². The Balaban J connectivity index is 0. The van der Waals surface area contributed by atoms with E-state index in [-0.39, 0.29) is 1470 Å². The van der Waals surface area contributed by atoms with E-state index in [0.29, 0.717) is 0 Å². The third-order valence-electron chi connectivity index (χ3n) is 0. The fraction of sp³-hybridized carbons (Fsp3) is 0. The summed E-state index contributed by atoms with van der Waals surface area (Å²) in [5, 5.41) is 0. The molecule has 0 rings (SSSR count). The quantitative estimate of drug-likeness (QED) is 0.206. The second kappa shape index (κ2) is 692. The molecule has 0 bridgehead atoms. The fourth-order valence-electron chi connectivity index (χ4n) is 0. The second-order valence-electron chi connectivity index (χ2n) is 0. The monoisotopic (exact) mass is 1610 g/mol. The zero-order valence-corrected chi connectivity index (χ0v) is 135. The van der Waals surface area contributed by atoms with E-state index in [4.69, 9.17) is 0 Å². The van der Waals surface area contributed by atoms with Crippen molar-refractivity contribution in [3.05, 3.63) is 0 Å². The van der Waals surface area contributed by atoms with Crippen LogP contribution in [-0.4, -0.2) is 1430 Å². The smallest absolute Gasteiger partial charge is 2.00 e. The fourth-order valence-corrected chi connectivity index (χ4v) is 0. The molecule has 8 nitrogen and oxygen atoms in total. The maximum Gasteiger partial charge on any atom is 2.00 e. The van der Waals surface area contributed by atoms with Crippen LogP contribution < -0.4 is 0 Å². The summed E-state index contributed by atoms with van der Waals surface area (Å²) in [7, 11) is 0. The van der Waals surface area contributed by atoms with Crippen molar-refractivity contribution in [3.63, 3.8) is 0 Å². The van der Waals surface area contributed by atoms with Crippen LogP contribution in [0.15, 0.2) is 0 Å². The molecular weight excluding hydrogens is 1630 g/mol. The van der Waals surface area contributed by atoms with Gasteiger partial charge in [-0.1, -0.05) is 0 Å². The van der Waals surface area contributed by atoms with E-state index < -0.39 is 0 Å². The Labute approximate surface area is 1430 Å². The largest absolute Gasteiger partial charge is 2.00 e. The molecule has 0 aromatic rings. The van der Waals surface area contributed by atoms with Crippen LogP contribution in [0.3, 0.4) is 0 Å². The Morgan fingerprint density at radius 3 is 0.0286 bits per heavy atom. The second-order valence-corrected chi connectivity index (χ2v) is 0. The Morgan fingerprint density at radius 2 is 0.0286 bits per heavy atom. The molecule has 0 heterocycles. The molecule has 0 amide bonds. The molecule has 0 aliphatic heterocycles. The molecule has 0 radical (unpaired) electrons. The van der Waals surface area contributed by atoms with Crippen molar-refractivity contribution in [2.75, 3.05) is 0 Å². The molecule has 70 heavy (non-hydrogen) atoms. The van der Waals surface area contributed by atoms with Gasteiger partial charge in [0.05, 0.1) is 0 Å². The predicted molar refractivity (Wildman–Crippen MR) is 362 cm³/mol. The van der Waals surface area contributed by atoms with Crippen LogP contribution in [0.1, 0.15) is 0 Å². The first-order valence-corrected chi connectivity index (χ1v) is 0. The molecule has 0 aromatic carbocycles. The van der Waals surface area contributed by atoms with Crippen LogP contribution in [0.5, 0.6) is 0 Å². The van der Waals surface area contributed by atoms with E-state index in [9.17, 15) is 0 Å². The van der Waals surface area contributed by atoms with Crippen LogP contribution in [0.25, 0.3) is 0 Å². The van der Waals surface area contributed by atoms with Gasteiger partial charge in [-0.15, -0.1) is 0 Å².